The molecule has 0 spiro atoms. The Labute approximate surface area is 119 Å². The third kappa shape index (κ3) is 2.75. The molecule has 2 aliphatic rings. The van der Waals surface area contributed by atoms with Gasteiger partial charge in [-0.2, -0.15) is 4.37 Å². The highest BCUT2D eigenvalue weighted by Gasteiger charge is 2.29. The maximum atomic E-state index is 4.71. The number of rotatable bonds is 2. The first-order chi connectivity index (χ1) is 9.04. The van der Waals surface area contributed by atoms with Gasteiger partial charge in [0.1, 0.15) is 5.82 Å². The highest BCUT2D eigenvalue weighted by atomic mass is 32.1. The van der Waals surface area contributed by atoms with E-state index in [1.54, 1.807) is 11.5 Å². The molecule has 3 rings (SSSR count). The largest absolute Gasteiger partial charge is 0.344 e. The summed E-state index contributed by atoms with van der Waals surface area (Å²) in [5, 5.41) is 4.44. The van der Waals surface area contributed by atoms with Crippen LogP contribution >= 0.6 is 11.5 Å². The zero-order valence-corrected chi connectivity index (χ0v) is 12.8. The van der Waals surface area contributed by atoms with Crippen molar-refractivity contribution in [1.82, 2.24) is 19.6 Å². The molecular weight excluding hydrogens is 258 g/mol. The molecule has 5 nitrogen and oxygen atoms in total. The maximum Gasteiger partial charge on any atom is 0.205 e. The Hall–Kier alpha value is -0.720. The van der Waals surface area contributed by atoms with Crippen LogP contribution in [0, 0.1) is 0 Å². The lowest BCUT2D eigenvalue weighted by Gasteiger charge is -2.43. The molecule has 19 heavy (non-hydrogen) atoms. The molecule has 0 amide bonds. The Kier molecular flexibility index (Phi) is 3.49. The van der Waals surface area contributed by atoms with Crippen molar-refractivity contribution in [1.29, 1.82) is 0 Å². The summed E-state index contributed by atoms with van der Waals surface area (Å²) in [6.07, 6.45) is 0. The number of nitrogens with zero attached hydrogens (tertiary/aromatic N) is 4. The molecular formula is C13H23N5S. The lowest BCUT2D eigenvalue weighted by Crippen LogP contribution is -2.61. The third-order valence-electron chi connectivity index (χ3n) is 3.95. The van der Waals surface area contributed by atoms with Crippen molar-refractivity contribution in [2.45, 2.75) is 32.2 Å². The van der Waals surface area contributed by atoms with E-state index in [-0.39, 0.29) is 5.41 Å². The van der Waals surface area contributed by atoms with Crippen LogP contribution < -0.4 is 10.2 Å². The number of nitrogens with one attached hydrogen (secondary N) is 1. The summed E-state index contributed by atoms with van der Waals surface area (Å²) in [7, 11) is 0. The second-order valence-corrected chi connectivity index (χ2v) is 7.22. The van der Waals surface area contributed by atoms with Crippen LogP contribution in [0.1, 0.15) is 26.6 Å². The van der Waals surface area contributed by atoms with Gasteiger partial charge in [-0.25, -0.2) is 4.98 Å². The molecule has 3 heterocycles. The topological polar surface area (TPSA) is 44.3 Å². The Balaban J connectivity index is 1.60. The molecule has 1 N–H and O–H groups in total. The number of anilines is 1. The summed E-state index contributed by atoms with van der Waals surface area (Å²) in [5.41, 5.74) is 0.0498. The van der Waals surface area contributed by atoms with Crippen molar-refractivity contribution in [3.63, 3.8) is 0 Å². The molecule has 6 heteroatoms. The predicted octanol–water partition coefficient (Wildman–Crippen LogP) is 0.929. The van der Waals surface area contributed by atoms with Crippen LogP contribution in [0.25, 0.3) is 0 Å². The van der Waals surface area contributed by atoms with Crippen molar-refractivity contribution in [3.8, 4) is 0 Å². The smallest absolute Gasteiger partial charge is 0.205 e. The van der Waals surface area contributed by atoms with Gasteiger partial charge in [0.25, 0.3) is 0 Å². The van der Waals surface area contributed by atoms with Gasteiger partial charge in [0.15, 0.2) is 0 Å². The first-order valence-corrected chi connectivity index (χ1v) is 7.85. The first-order valence-electron chi connectivity index (χ1n) is 7.08. The van der Waals surface area contributed by atoms with Crippen LogP contribution in [0.4, 0.5) is 5.13 Å². The average molecular weight is 281 g/mol. The van der Waals surface area contributed by atoms with Gasteiger partial charge in [-0.15, -0.1) is 0 Å². The molecule has 0 aromatic carbocycles. The van der Waals surface area contributed by atoms with Gasteiger partial charge < -0.3 is 10.2 Å². The fourth-order valence-electron chi connectivity index (χ4n) is 2.46. The minimum atomic E-state index is 0.0498. The fourth-order valence-corrected chi connectivity index (χ4v) is 3.37. The average Bonchev–Trinajstić information content (AvgIpc) is 2.76. The van der Waals surface area contributed by atoms with Crippen LogP contribution in [-0.2, 0) is 5.41 Å². The van der Waals surface area contributed by atoms with Crippen LogP contribution in [0.5, 0.6) is 0 Å². The molecule has 2 aliphatic heterocycles. The number of aromatic nitrogens is 2. The summed E-state index contributed by atoms with van der Waals surface area (Å²) in [6.45, 7) is 13.3. The van der Waals surface area contributed by atoms with Crippen LogP contribution in [0.2, 0.25) is 0 Å². The summed E-state index contributed by atoms with van der Waals surface area (Å²) >= 11 is 1.55. The second-order valence-electron chi connectivity index (χ2n) is 6.49. The van der Waals surface area contributed by atoms with E-state index in [9.17, 15) is 0 Å². The quantitative estimate of drug-likeness (QED) is 0.874. The van der Waals surface area contributed by atoms with E-state index < -0.39 is 0 Å². The normalized spacial score (nSPS) is 22.6. The van der Waals surface area contributed by atoms with Gasteiger partial charge in [-0.3, -0.25) is 4.90 Å². The third-order valence-corrected chi connectivity index (χ3v) is 4.72. The molecule has 0 radical (unpaired) electrons. The Morgan fingerprint density at radius 2 is 1.84 bits per heavy atom. The minimum absolute atomic E-state index is 0.0498. The number of hydrogen-bond acceptors (Lipinski definition) is 6. The molecule has 0 unspecified atom stereocenters. The van der Waals surface area contributed by atoms with Gasteiger partial charge in [0.2, 0.25) is 5.13 Å². The van der Waals surface area contributed by atoms with Crippen molar-refractivity contribution >= 4 is 16.7 Å². The van der Waals surface area contributed by atoms with E-state index in [0.29, 0.717) is 0 Å². The zero-order chi connectivity index (χ0) is 13.5. The van der Waals surface area contributed by atoms with Gasteiger partial charge in [0, 0.05) is 62.3 Å². The van der Waals surface area contributed by atoms with Gasteiger partial charge >= 0.3 is 0 Å². The Morgan fingerprint density at radius 3 is 2.32 bits per heavy atom. The maximum absolute atomic E-state index is 4.71. The lowest BCUT2D eigenvalue weighted by atomic mass is 9.96. The molecule has 106 valence electrons. The zero-order valence-electron chi connectivity index (χ0n) is 12.0. The predicted molar refractivity (Wildman–Crippen MR) is 79.1 cm³/mol. The summed E-state index contributed by atoms with van der Waals surface area (Å²) in [5.74, 6) is 0.970. The molecule has 1 aromatic heterocycles. The van der Waals surface area contributed by atoms with E-state index >= 15 is 0 Å². The Morgan fingerprint density at radius 1 is 1.16 bits per heavy atom. The van der Waals surface area contributed by atoms with E-state index in [2.05, 4.69) is 40.3 Å². The monoisotopic (exact) mass is 281 g/mol. The van der Waals surface area contributed by atoms with Gasteiger partial charge in [-0.05, 0) is 0 Å². The standard InChI is InChI=1S/C13H23N5S/c1-13(2,3)11-15-12(19-16-11)18-6-4-17(5-7-18)10-8-14-9-10/h10,14H,4-9H2,1-3H3. The minimum Gasteiger partial charge on any atom is -0.344 e. The van der Waals surface area contributed by atoms with Crippen LogP contribution in [-0.4, -0.2) is 59.6 Å². The highest BCUT2D eigenvalue weighted by Crippen LogP contribution is 2.26. The van der Waals surface area contributed by atoms with Crippen molar-refractivity contribution in [2.75, 3.05) is 44.2 Å². The number of piperazine rings is 1. The lowest BCUT2D eigenvalue weighted by molar-refractivity contribution is 0.138. The molecule has 2 fully saturated rings. The molecule has 0 saturated carbocycles. The van der Waals surface area contributed by atoms with Crippen molar-refractivity contribution in [2.24, 2.45) is 0 Å². The van der Waals surface area contributed by atoms with E-state index in [1.165, 1.54) is 0 Å². The molecule has 2 saturated heterocycles. The second kappa shape index (κ2) is 5.00. The SMILES string of the molecule is CC(C)(C)c1nsc(N2CCN(C3CNC3)CC2)n1. The fraction of sp³-hybridized carbons (Fsp3) is 0.846. The number of hydrogen-bond donors (Lipinski definition) is 1. The molecule has 0 bridgehead atoms. The molecule has 0 aliphatic carbocycles. The highest BCUT2D eigenvalue weighted by molar-refractivity contribution is 7.09. The molecule has 0 atom stereocenters. The van der Waals surface area contributed by atoms with Gasteiger partial charge in [-0.1, -0.05) is 20.8 Å². The van der Waals surface area contributed by atoms with E-state index in [4.69, 9.17) is 4.98 Å². The summed E-state index contributed by atoms with van der Waals surface area (Å²) in [6, 6.07) is 0.765. The van der Waals surface area contributed by atoms with Gasteiger partial charge in [0.05, 0.1) is 0 Å². The van der Waals surface area contributed by atoms with E-state index in [0.717, 1.165) is 56.3 Å². The summed E-state index contributed by atoms with van der Waals surface area (Å²) in [4.78, 5) is 9.69. The van der Waals surface area contributed by atoms with Crippen LogP contribution in [0.15, 0.2) is 0 Å². The van der Waals surface area contributed by atoms with E-state index in [1.807, 2.05) is 0 Å². The summed E-state index contributed by atoms with van der Waals surface area (Å²) < 4.78 is 4.51. The first kappa shape index (κ1) is 13.3. The van der Waals surface area contributed by atoms with Crippen LogP contribution in [0.3, 0.4) is 0 Å². The van der Waals surface area contributed by atoms with Crippen molar-refractivity contribution < 1.29 is 0 Å². The molecule has 1 aromatic rings. The van der Waals surface area contributed by atoms with Crippen molar-refractivity contribution in [3.05, 3.63) is 5.82 Å². The Bertz CT molecular complexity index is 426.